The minimum absolute atomic E-state index is 0.138. The van der Waals surface area contributed by atoms with Gasteiger partial charge in [0.15, 0.2) is 5.65 Å². The summed E-state index contributed by atoms with van der Waals surface area (Å²) in [4.78, 5) is 4.33. The molecule has 1 atom stereocenters. The maximum Gasteiger partial charge on any atom is 0.433 e. The second-order valence-corrected chi connectivity index (χ2v) is 9.94. The lowest BCUT2D eigenvalue weighted by molar-refractivity contribution is -0.142. The Labute approximate surface area is 167 Å². The van der Waals surface area contributed by atoms with Gasteiger partial charge in [0.25, 0.3) is 10.2 Å². The predicted molar refractivity (Wildman–Crippen MR) is 101 cm³/mol. The van der Waals surface area contributed by atoms with E-state index in [0.717, 1.165) is 23.4 Å². The molecule has 7 nitrogen and oxygen atoms in total. The summed E-state index contributed by atoms with van der Waals surface area (Å²) >= 11 is 0. The van der Waals surface area contributed by atoms with E-state index in [-0.39, 0.29) is 24.0 Å². The lowest BCUT2D eigenvalue weighted by Gasteiger charge is -2.23. The highest BCUT2D eigenvalue weighted by atomic mass is 32.2. The van der Waals surface area contributed by atoms with Crippen molar-refractivity contribution in [2.24, 2.45) is 0 Å². The molecule has 2 aromatic heterocycles. The Bertz CT molecular complexity index is 1010. The molecule has 0 N–H and O–H groups in total. The molecule has 2 fully saturated rings. The van der Waals surface area contributed by atoms with E-state index in [4.69, 9.17) is 0 Å². The normalized spacial score (nSPS) is 22.3. The Morgan fingerprint density at radius 1 is 1.10 bits per heavy atom. The quantitative estimate of drug-likeness (QED) is 0.746. The van der Waals surface area contributed by atoms with Crippen LogP contribution in [0.5, 0.6) is 0 Å². The van der Waals surface area contributed by atoms with Gasteiger partial charge in [0, 0.05) is 43.9 Å². The highest BCUT2D eigenvalue weighted by Crippen LogP contribution is 2.34. The molecule has 2 aliphatic rings. The van der Waals surface area contributed by atoms with E-state index in [1.165, 1.54) is 8.61 Å². The highest BCUT2D eigenvalue weighted by Gasteiger charge is 2.39. The van der Waals surface area contributed by atoms with Crippen LogP contribution >= 0.6 is 0 Å². The topological polar surface area (TPSA) is 70.8 Å². The number of hydrogen-bond acceptors (Lipinski definition) is 4. The van der Waals surface area contributed by atoms with E-state index in [1.807, 2.05) is 0 Å². The van der Waals surface area contributed by atoms with Crippen molar-refractivity contribution < 1.29 is 21.6 Å². The molecule has 2 aliphatic heterocycles. The van der Waals surface area contributed by atoms with Crippen molar-refractivity contribution in [2.75, 3.05) is 26.2 Å². The van der Waals surface area contributed by atoms with Crippen molar-refractivity contribution in [3.8, 4) is 0 Å². The van der Waals surface area contributed by atoms with Gasteiger partial charge in [-0.15, -0.1) is 0 Å². The molecule has 2 aromatic rings. The Morgan fingerprint density at radius 3 is 2.41 bits per heavy atom. The van der Waals surface area contributed by atoms with Crippen molar-refractivity contribution >= 4 is 15.9 Å². The molecule has 0 amide bonds. The largest absolute Gasteiger partial charge is 0.433 e. The summed E-state index contributed by atoms with van der Waals surface area (Å²) in [6, 6.07) is 2.59. The minimum Gasteiger partial charge on any atom is -0.233 e. The van der Waals surface area contributed by atoms with Crippen LogP contribution in [-0.4, -0.2) is 57.8 Å². The zero-order valence-electron chi connectivity index (χ0n) is 16.4. The number of aromatic nitrogens is 3. The third-order valence-electron chi connectivity index (χ3n) is 5.63. The van der Waals surface area contributed by atoms with Gasteiger partial charge in [-0.05, 0) is 31.2 Å². The molecule has 4 rings (SSSR count). The number of hydrogen-bond donors (Lipinski definition) is 0. The molecule has 0 radical (unpaired) electrons. The van der Waals surface area contributed by atoms with Gasteiger partial charge in [0.1, 0.15) is 5.69 Å². The maximum absolute atomic E-state index is 13.6. The molecular weight excluding hydrogens is 407 g/mol. The SMILES string of the molecule is CC(C)c1cc(C(F)(F)F)n2nc([C@H]3CCN(S(=O)(=O)N4CCCC4)C3)cc2n1. The molecule has 29 heavy (non-hydrogen) atoms. The number of rotatable bonds is 4. The first-order valence-electron chi connectivity index (χ1n) is 9.80. The zero-order valence-corrected chi connectivity index (χ0v) is 17.2. The average Bonchev–Trinajstić information content (AvgIpc) is 3.38. The third-order valence-corrected chi connectivity index (χ3v) is 7.64. The van der Waals surface area contributed by atoms with Gasteiger partial charge < -0.3 is 0 Å². The van der Waals surface area contributed by atoms with Crippen LogP contribution in [0.4, 0.5) is 13.2 Å². The smallest absolute Gasteiger partial charge is 0.233 e. The van der Waals surface area contributed by atoms with E-state index >= 15 is 0 Å². The summed E-state index contributed by atoms with van der Waals surface area (Å²) in [5.41, 5.74) is 0.0697. The monoisotopic (exact) mass is 431 g/mol. The molecule has 0 spiro atoms. The summed E-state index contributed by atoms with van der Waals surface area (Å²) < 4.78 is 69.9. The van der Waals surface area contributed by atoms with Crippen LogP contribution < -0.4 is 0 Å². The van der Waals surface area contributed by atoms with Gasteiger partial charge in [-0.1, -0.05) is 13.8 Å². The first-order chi connectivity index (χ1) is 13.6. The summed E-state index contributed by atoms with van der Waals surface area (Å²) in [6.45, 7) is 5.18. The van der Waals surface area contributed by atoms with Crippen LogP contribution in [0, 0.1) is 0 Å². The zero-order chi connectivity index (χ0) is 21.0. The Hall–Kier alpha value is -1.72. The van der Waals surface area contributed by atoms with Gasteiger partial charge in [-0.25, -0.2) is 9.50 Å². The minimum atomic E-state index is -4.56. The summed E-state index contributed by atoms with van der Waals surface area (Å²) in [7, 11) is -3.52. The van der Waals surface area contributed by atoms with Gasteiger partial charge >= 0.3 is 6.18 Å². The van der Waals surface area contributed by atoms with Gasteiger partial charge in [0.2, 0.25) is 0 Å². The summed E-state index contributed by atoms with van der Waals surface area (Å²) in [6.07, 6.45) is -2.33. The molecule has 0 saturated carbocycles. The summed E-state index contributed by atoms with van der Waals surface area (Å²) in [5, 5.41) is 4.17. The molecule has 0 bridgehead atoms. The van der Waals surface area contributed by atoms with Gasteiger partial charge in [0.05, 0.1) is 5.69 Å². The standard InChI is InChI=1S/C18H24F3N5O2S/c1-12(2)14-9-16(18(19,20)21)26-17(22-14)10-15(23-26)13-5-8-25(11-13)29(27,28)24-6-3-4-7-24/h9-10,12-13H,3-8,11H2,1-2H3/t13-/m0/s1. The van der Waals surface area contributed by atoms with Crippen LogP contribution in [0.1, 0.15) is 62.0 Å². The van der Waals surface area contributed by atoms with Crippen LogP contribution in [0.3, 0.4) is 0 Å². The van der Waals surface area contributed by atoms with E-state index < -0.39 is 22.1 Å². The molecule has 0 aromatic carbocycles. The lowest BCUT2D eigenvalue weighted by atomic mass is 10.1. The molecule has 0 aliphatic carbocycles. The lowest BCUT2D eigenvalue weighted by Crippen LogP contribution is -2.41. The number of nitrogens with zero attached hydrogens (tertiary/aromatic N) is 5. The first-order valence-corrected chi connectivity index (χ1v) is 11.2. The van der Waals surface area contributed by atoms with Gasteiger partial charge in [-0.2, -0.15) is 35.3 Å². The Kier molecular flexibility index (Phi) is 5.11. The Morgan fingerprint density at radius 2 is 1.79 bits per heavy atom. The predicted octanol–water partition coefficient (Wildman–Crippen LogP) is 3.00. The van der Waals surface area contributed by atoms with Crippen molar-refractivity contribution in [1.82, 2.24) is 23.2 Å². The van der Waals surface area contributed by atoms with Crippen molar-refractivity contribution in [2.45, 2.75) is 51.1 Å². The van der Waals surface area contributed by atoms with Crippen molar-refractivity contribution in [3.05, 3.63) is 29.2 Å². The average molecular weight is 431 g/mol. The highest BCUT2D eigenvalue weighted by molar-refractivity contribution is 7.86. The number of alkyl halides is 3. The maximum atomic E-state index is 13.6. The molecule has 4 heterocycles. The van der Waals surface area contributed by atoms with E-state index in [9.17, 15) is 21.6 Å². The fourth-order valence-electron chi connectivity index (χ4n) is 3.97. The Balaban J connectivity index is 1.65. The molecule has 160 valence electrons. The van der Waals surface area contributed by atoms with E-state index in [1.54, 1.807) is 19.9 Å². The van der Waals surface area contributed by atoms with Crippen LogP contribution in [0.15, 0.2) is 12.1 Å². The fourth-order valence-corrected chi connectivity index (χ4v) is 5.72. The second kappa shape index (κ2) is 7.21. The van der Waals surface area contributed by atoms with E-state index in [2.05, 4.69) is 10.1 Å². The molecule has 0 unspecified atom stereocenters. The van der Waals surface area contributed by atoms with Crippen molar-refractivity contribution in [1.29, 1.82) is 0 Å². The molecular formula is C18H24F3N5O2S. The summed E-state index contributed by atoms with van der Waals surface area (Å²) in [5.74, 6) is -0.412. The van der Waals surface area contributed by atoms with Crippen LogP contribution in [0.25, 0.3) is 5.65 Å². The van der Waals surface area contributed by atoms with Crippen LogP contribution in [-0.2, 0) is 16.4 Å². The van der Waals surface area contributed by atoms with Gasteiger partial charge in [-0.3, -0.25) is 0 Å². The van der Waals surface area contributed by atoms with Crippen molar-refractivity contribution in [3.63, 3.8) is 0 Å². The third kappa shape index (κ3) is 3.75. The molecule has 2 saturated heterocycles. The second-order valence-electron chi connectivity index (χ2n) is 8.02. The van der Waals surface area contributed by atoms with Crippen LogP contribution in [0.2, 0.25) is 0 Å². The number of halogens is 3. The molecule has 11 heteroatoms. The first kappa shape index (κ1) is 20.5. The van der Waals surface area contributed by atoms with E-state index in [0.29, 0.717) is 37.4 Å². The number of fused-ring (bicyclic) bond motifs is 1. The fraction of sp³-hybridized carbons (Fsp3) is 0.667.